The van der Waals surface area contributed by atoms with Crippen LogP contribution in [-0.4, -0.2) is 46.9 Å². The molecule has 2 aliphatic heterocycles. The third-order valence-electron chi connectivity index (χ3n) is 5.08. The van der Waals surface area contributed by atoms with Gasteiger partial charge in [-0.15, -0.1) is 0 Å². The Labute approximate surface area is 126 Å². The van der Waals surface area contributed by atoms with Crippen molar-refractivity contribution in [2.45, 2.75) is 50.5 Å². The molecule has 1 aromatic rings. The van der Waals surface area contributed by atoms with Crippen molar-refractivity contribution in [1.82, 2.24) is 15.1 Å². The zero-order valence-corrected chi connectivity index (χ0v) is 12.5. The van der Waals surface area contributed by atoms with Crippen LogP contribution in [0.15, 0.2) is 30.3 Å². The second-order valence-corrected chi connectivity index (χ2v) is 6.62. The molecule has 0 bridgehead atoms. The summed E-state index contributed by atoms with van der Waals surface area (Å²) < 4.78 is 0. The molecule has 1 N–H and O–H groups in total. The van der Waals surface area contributed by atoms with Crippen molar-refractivity contribution in [1.29, 1.82) is 0 Å². The fourth-order valence-corrected chi connectivity index (χ4v) is 3.79. The minimum absolute atomic E-state index is 0.0397. The first kappa shape index (κ1) is 13.3. The monoisotopic (exact) mass is 285 g/mol. The van der Waals surface area contributed by atoms with Crippen molar-refractivity contribution in [2.24, 2.45) is 0 Å². The number of amides is 1. The van der Waals surface area contributed by atoms with E-state index in [9.17, 15) is 4.79 Å². The molecule has 21 heavy (non-hydrogen) atoms. The minimum Gasteiger partial charge on any atom is -0.317 e. The number of carbonyl (C=O) groups excluding carboxylic acids is 1. The fraction of sp³-hybridized carbons (Fsp3) is 0.588. The lowest BCUT2D eigenvalue weighted by molar-refractivity contribution is -0.131. The molecule has 3 aliphatic rings. The Morgan fingerprint density at radius 2 is 1.86 bits per heavy atom. The lowest BCUT2D eigenvalue weighted by Gasteiger charge is -2.30. The van der Waals surface area contributed by atoms with Gasteiger partial charge in [-0.25, -0.2) is 0 Å². The van der Waals surface area contributed by atoms with Crippen LogP contribution in [0.2, 0.25) is 0 Å². The normalized spacial score (nSPS) is 33.9. The van der Waals surface area contributed by atoms with Gasteiger partial charge in [0.25, 0.3) is 0 Å². The Balaban J connectivity index is 1.57. The van der Waals surface area contributed by atoms with E-state index in [-0.39, 0.29) is 18.1 Å². The average molecular weight is 285 g/mol. The predicted octanol–water partition coefficient (Wildman–Crippen LogP) is 1.74. The molecule has 112 valence electrons. The number of carbonyl (C=O) groups is 1. The summed E-state index contributed by atoms with van der Waals surface area (Å²) in [5.41, 5.74) is 1.19. The average Bonchev–Trinajstić information content (AvgIpc) is 3.18. The number of benzene rings is 1. The van der Waals surface area contributed by atoms with E-state index in [1.807, 2.05) is 25.1 Å². The molecule has 3 fully saturated rings. The summed E-state index contributed by atoms with van der Waals surface area (Å²) in [6, 6.07) is 11.4. The smallest absolute Gasteiger partial charge is 0.241 e. The van der Waals surface area contributed by atoms with Gasteiger partial charge in [0.05, 0.1) is 6.04 Å². The van der Waals surface area contributed by atoms with Crippen LogP contribution in [-0.2, 0) is 4.79 Å². The molecular formula is C17H23N3O. The number of rotatable bonds is 3. The molecule has 3 unspecified atom stereocenters. The first-order valence-electron chi connectivity index (χ1n) is 8.11. The summed E-state index contributed by atoms with van der Waals surface area (Å²) >= 11 is 0. The highest BCUT2D eigenvalue weighted by Crippen LogP contribution is 2.35. The van der Waals surface area contributed by atoms with Gasteiger partial charge >= 0.3 is 0 Å². The van der Waals surface area contributed by atoms with Crippen molar-refractivity contribution >= 4 is 5.91 Å². The summed E-state index contributed by atoms with van der Waals surface area (Å²) in [5.74, 6) is 0.256. The van der Waals surface area contributed by atoms with Crippen LogP contribution in [0.25, 0.3) is 0 Å². The van der Waals surface area contributed by atoms with Crippen molar-refractivity contribution in [3.05, 3.63) is 35.9 Å². The quantitative estimate of drug-likeness (QED) is 0.919. The van der Waals surface area contributed by atoms with E-state index < -0.39 is 0 Å². The maximum absolute atomic E-state index is 12.6. The number of nitrogens with zero attached hydrogens (tertiary/aromatic N) is 2. The SMILES string of the molecule is CC1NC(c2ccccc2)N(C2CCN(C3CC3)C2)C1=O. The first-order chi connectivity index (χ1) is 10.2. The molecule has 2 saturated heterocycles. The van der Waals surface area contributed by atoms with E-state index in [0.717, 1.165) is 25.6 Å². The zero-order chi connectivity index (χ0) is 14.4. The molecule has 1 saturated carbocycles. The van der Waals surface area contributed by atoms with Gasteiger partial charge < -0.3 is 4.90 Å². The summed E-state index contributed by atoms with van der Waals surface area (Å²) in [7, 11) is 0. The summed E-state index contributed by atoms with van der Waals surface area (Å²) in [5, 5.41) is 3.46. The topological polar surface area (TPSA) is 35.6 Å². The Morgan fingerprint density at radius 3 is 2.57 bits per heavy atom. The summed E-state index contributed by atoms with van der Waals surface area (Å²) in [6.07, 6.45) is 3.84. The van der Waals surface area contributed by atoms with Crippen LogP contribution in [0.1, 0.15) is 37.9 Å². The van der Waals surface area contributed by atoms with E-state index in [0.29, 0.717) is 6.04 Å². The van der Waals surface area contributed by atoms with Gasteiger partial charge in [0, 0.05) is 25.2 Å². The van der Waals surface area contributed by atoms with Gasteiger partial charge in [0.1, 0.15) is 6.17 Å². The number of nitrogens with one attached hydrogen (secondary N) is 1. The summed E-state index contributed by atoms with van der Waals surface area (Å²) in [4.78, 5) is 17.3. The highest BCUT2D eigenvalue weighted by molar-refractivity contribution is 5.84. The van der Waals surface area contributed by atoms with Crippen LogP contribution < -0.4 is 5.32 Å². The molecule has 0 aromatic heterocycles. The fourth-order valence-electron chi connectivity index (χ4n) is 3.79. The van der Waals surface area contributed by atoms with Gasteiger partial charge in [-0.1, -0.05) is 30.3 Å². The van der Waals surface area contributed by atoms with Gasteiger partial charge in [-0.05, 0) is 31.7 Å². The Bertz CT molecular complexity index is 528. The molecule has 1 amide bonds. The minimum atomic E-state index is -0.0785. The van der Waals surface area contributed by atoms with Crippen LogP contribution in [0, 0.1) is 0 Å². The maximum Gasteiger partial charge on any atom is 0.241 e. The van der Waals surface area contributed by atoms with Gasteiger partial charge in [0.15, 0.2) is 0 Å². The lowest BCUT2D eigenvalue weighted by atomic mass is 10.1. The molecule has 3 atom stereocenters. The van der Waals surface area contributed by atoms with E-state index in [4.69, 9.17) is 0 Å². The molecule has 1 aromatic carbocycles. The third-order valence-corrected chi connectivity index (χ3v) is 5.08. The maximum atomic E-state index is 12.6. The molecule has 4 rings (SSSR count). The van der Waals surface area contributed by atoms with Crippen molar-refractivity contribution < 1.29 is 4.79 Å². The van der Waals surface area contributed by atoms with Crippen molar-refractivity contribution in [3.63, 3.8) is 0 Å². The Morgan fingerprint density at radius 1 is 1.10 bits per heavy atom. The Kier molecular flexibility index (Phi) is 3.23. The van der Waals surface area contributed by atoms with E-state index in [2.05, 4.69) is 27.2 Å². The van der Waals surface area contributed by atoms with E-state index >= 15 is 0 Å². The second-order valence-electron chi connectivity index (χ2n) is 6.62. The van der Waals surface area contributed by atoms with Crippen LogP contribution in [0.3, 0.4) is 0 Å². The van der Waals surface area contributed by atoms with Crippen molar-refractivity contribution in [3.8, 4) is 0 Å². The van der Waals surface area contributed by atoms with Gasteiger partial charge in [0.2, 0.25) is 5.91 Å². The predicted molar refractivity (Wildman–Crippen MR) is 81.6 cm³/mol. The van der Waals surface area contributed by atoms with Crippen molar-refractivity contribution in [2.75, 3.05) is 13.1 Å². The molecule has 2 heterocycles. The molecule has 1 aliphatic carbocycles. The number of hydrogen-bond acceptors (Lipinski definition) is 3. The van der Waals surface area contributed by atoms with Crippen LogP contribution in [0.4, 0.5) is 0 Å². The highest BCUT2D eigenvalue weighted by Gasteiger charge is 2.45. The number of likely N-dealkylation sites (tertiary alicyclic amines) is 1. The Hall–Kier alpha value is -1.39. The molecular weight excluding hydrogens is 262 g/mol. The molecule has 4 heteroatoms. The van der Waals surface area contributed by atoms with Gasteiger partial charge in [-0.3, -0.25) is 15.0 Å². The molecule has 0 spiro atoms. The lowest BCUT2D eigenvalue weighted by Crippen LogP contribution is -2.42. The largest absolute Gasteiger partial charge is 0.317 e. The highest BCUT2D eigenvalue weighted by atomic mass is 16.2. The van der Waals surface area contributed by atoms with Crippen LogP contribution in [0.5, 0.6) is 0 Å². The molecule has 4 nitrogen and oxygen atoms in total. The van der Waals surface area contributed by atoms with Gasteiger partial charge in [-0.2, -0.15) is 0 Å². The zero-order valence-electron chi connectivity index (χ0n) is 12.5. The van der Waals surface area contributed by atoms with E-state index in [1.54, 1.807) is 0 Å². The second kappa shape index (κ2) is 5.11. The van der Waals surface area contributed by atoms with E-state index in [1.165, 1.54) is 18.4 Å². The third kappa shape index (κ3) is 2.36. The van der Waals surface area contributed by atoms with Crippen LogP contribution >= 0.6 is 0 Å². The first-order valence-corrected chi connectivity index (χ1v) is 8.11. The summed E-state index contributed by atoms with van der Waals surface area (Å²) in [6.45, 7) is 4.18. The number of hydrogen-bond donors (Lipinski definition) is 1. The molecule has 0 radical (unpaired) electrons. The standard InChI is InChI=1S/C17H23N3O/c1-12-17(21)20(15-9-10-19(11-15)14-7-8-14)16(18-12)13-5-3-2-4-6-13/h2-6,12,14-16,18H,7-11H2,1H3.